The number of esters is 1. The van der Waals surface area contributed by atoms with E-state index in [4.69, 9.17) is 4.74 Å². The van der Waals surface area contributed by atoms with Gasteiger partial charge in [-0.05, 0) is 74.2 Å². The topological polar surface area (TPSA) is 101 Å². The number of Topliss-reactive ketones (excluding diaryl/α,β-unsaturated/α-hetero) is 1. The molecule has 0 bridgehead atoms. The Morgan fingerprint density at radius 1 is 1.00 bits per heavy atom. The molecule has 4 aliphatic carbocycles. The molecule has 3 saturated carbocycles. The van der Waals surface area contributed by atoms with Crippen LogP contribution in [0.2, 0.25) is 0 Å². The molecule has 2 N–H and O–H groups in total. The number of ether oxygens (including phenoxy) is 1. The minimum absolute atomic E-state index is 0.0376. The van der Waals surface area contributed by atoms with Crippen molar-refractivity contribution in [1.29, 1.82) is 0 Å². The lowest BCUT2D eigenvalue weighted by atomic mass is 9.45. The molecule has 4 aliphatic rings. The van der Waals surface area contributed by atoms with E-state index >= 15 is 0 Å². The van der Waals surface area contributed by atoms with Crippen molar-refractivity contribution < 1.29 is 29.3 Å². The Labute approximate surface area is 229 Å². The molecule has 7 unspecified atom stereocenters. The second kappa shape index (κ2) is 11.9. The fourth-order valence-corrected chi connectivity index (χ4v) is 8.89. The normalized spacial score (nSPS) is 38.1. The highest BCUT2D eigenvalue weighted by molar-refractivity contribution is 5.92. The molecule has 0 aromatic rings. The van der Waals surface area contributed by atoms with Crippen LogP contribution in [0.15, 0.2) is 11.6 Å². The van der Waals surface area contributed by atoms with Gasteiger partial charge >= 0.3 is 5.97 Å². The summed E-state index contributed by atoms with van der Waals surface area (Å²) in [5, 5.41) is 23.3. The van der Waals surface area contributed by atoms with Gasteiger partial charge in [0.05, 0.1) is 6.10 Å². The Bertz CT molecular complexity index is 925. The zero-order valence-electron chi connectivity index (χ0n) is 23.9. The number of allylic oxidation sites excluding steroid dienone is 1. The van der Waals surface area contributed by atoms with E-state index in [0.717, 1.165) is 44.9 Å². The van der Waals surface area contributed by atoms with Gasteiger partial charge < -0.3 is 14.9 Å². The molecule has 38 heavy (non-hydrogen) atoms. The maximum atomic E-state index is 13.4. The molecule has 0 aliphatic heterocycles. The summed E-state index contributed by atoms with van der Waals surface area (Å²) in [6.07, 6.45) is 15.0. The molecule has 0 aromatic heterocycles. The molecule has 0 spiro atoms. The van der Waals surface area contributed by atoms with Crippen LogP contribution in [0, 0.1) is 28.6 Å². The summed E-state index contributed by atoms with van der Waals surface area (Å²) in [7, 11) is 0. The summed E-state index contributed by atoms with van der Waals surface area (Å²) in [6.45, 7) is 5.97. The molecule has 3 fully saturated rings. The summed E-state index contributed by atoms with van der Waals surface area (Å²) in [4.78, 5) is 37.8. The first-order valence-corrected chi connectivity index (χ1v) is 15.4. The standard InChI is InChI=1S/C32H50O6/c1-4-5-6-7-8-9-10-11-12-28(36)38-21-27(35)32(37)18-16-25-24-14-13-22-19-23(33)15-17-30(22,2)29(24)26(34)20-31(25,32)3/h19,24-26,29,34,37H,4-18,20-21H2,1-3H3. The SMILES string of the molecule is CCCCCCCCCCC(=O)OCC(=O)C1(O)CCC2C3CCC4=CC(=O)CCC4(C)C3C(O)CC21C. The van der Waals surface area contributed by atoms with E-state index < -0.39 is 29.5 Å². The predicted octanol–water partition coefficient (Wildman–Crippen LogP) is 5.86. The van der Waals surface area contributed by atoms with Crippen LogP contribution in [0.4, 0.5) is 0 Å². The number of hydrogen-bond acceptors (Lipinski definition) is 6. The third kappa shape index (κ3) is 5.41. The van der Waals surface area contributed by atoms with E-state index in [2.05, 4.69) is 13.8 Å². The maximum Gasteiger partial charge on any atom is 0.306 e. The van der Waals surface area contributed by atoms with Crippen molar-refractivity contribution in [2.24, 2.45) is 28.6 Å². The van der Waals surface area contributed by atoms with Crippen molar-refractivity contribution >= 4 is 17.5 Å². The first-order chi connectivity index (χ1) is 18.1. The molecule has 0 radical (unpaired) electrons. The Morgan fingerprint density at radius 2 is 1.68 bits per heavy atom. The van der Waals surface area contributed by atoms with Gasteiger partial charge in [0, 0.05) is 18.3 Å². The highest BCUT2D eigenvalue weighted by Crippen LogP contribution is 2.67. The van der Waals surface area contributed by atoms with Crippen LogP contribution < -0.4 is 0 Å². The zero-order chi connectivity index (χ0) is 27.6. The molecule has 0 amide bonds. The van der Waals surface area contributed by atoms with E-state index in [9.17, 15) is 24.6 Å². The van der Waals surface area contributed by atoms with E-state index in [1.807, 2.05) is 13.0 Å². The number of ketones is 2. The van der Waals surface area contributed by atoms with Crippen molar-refractivity contribution in [2.45, 2.75) is 135 Å². The summed E-state index contributed by atoms with van der Waals surface area (Å²) in [6, 6.07) is 0. The molecule has 0 saturated heterocycles. The number of fused-ring (bicyclic) bond motifs is 5. The van der Waals surface area contributed by atoms with Gasteiger partial charge in [-0.1, -0.05) is 71.3 Å². The number of hydrogen-bond donors (Lipinski definition) is 2. The Kier molecular flexibility index (Phi) is 9.24. The number of carbonyl (C=O) groups excluding carboxylic acids is 3. The van der Waals surface area contributed by atoms with Crippen LogP contribution in [0.1, 0.15) is 124 Å². The van der Waals surface area contributed by atoms with Gasteiger partial charge in [0.15, 0.2) is 12.4 Å². The molecule has 214 valence electrons. The highest BCUT2D eigenvalue weighted by Gasteiger charge is 2.68. The number of carbonyl (C=O) groups is 3. The van der Waals surface area contributed by atoms with Gasteiger partial charge in [-0.2, -0.15) is 0 Å². The summed E-state index contributed by atoms with van der Waals surface area (Å²) >= 11 is 0. The lowest BCUT2D eigenvalue weighted by Crippen LogP contribution is -2.62. The van der Waals surface area contributed by atoms with Crippen molar-refractivity contribution in [2.75, 3.05) is 6.61 Å². The van der Waals surface area contributed by atoms with Crippen molar-refractivity contribution in [3.8, 4) is 0 Å². The van der Waals surface area contributed by atoms with E-state index in [1.54, 1.807) is 0 Å². The zero-order valence-corrected chi connectivity index (χ0v) is 23.9. The van der Waals surface area contributed by atoms with Crippen LogP contribution in [0.3, 0.4) is 0 Å². The Hall–Kier alpha value is -1.53. The molecular weight excluding hydrogens is 480 g/mol. The van der Waals surface area contributed by atoms with Gasteiger partial charge in [-0.3, -0.25) is 14.4 Å². The third-order valence-electron chi connectivity index (χ3n) is 11.1. The summed E-state index contributed by atoms with van der Waals surface area (Å²) in [5.74, 6) is -0.259. The molecule has 6 heteroatoms. The quantitative estimate of drug-likeness (QED) is 0.242. The maximum absolute atomic E-state index is 13.4. The average molecular weight is 531 g/mol. The molecule has 7 atom stereocenters. The summed E-state index contributed by atoms with van der Waals surface area (Å²) in [5.41, 5.74) is -1.38. The lowest BCUT2D eigenvalue weighted by Gasteiger charge is -2.60. The second-order valence-corrected chi connectivity index (χ2v) is 13.3. The number of aliphatic hydroxyl groups excluding tert-OH is 1. The van der Waals surface area contributed by atoms with E-state index in [-0.39, 0.29) is 34.9 Å². The molecule has 4 rings (SSSR count). The van der Waals surface area contributed by atoms with Crippen molar-refractivity contribution in [1.82, 2.24) is 0 Å². The number of unbranched alkanes of at least 4 members (excludes halogenated alkanes) is 7. The fourth-order valence-electron chi connectivity index (χ4n) is 8.89. The average Bonchev–Trinajstić information content (AvgIpc) is 3.15. The van der Waals surface area contributed by atoms with E-state index in [0.29, 0.717) is 25.7 Å². The third-order valence-corrected chi connectivity index (χ3v) is 11.1. The summed E-state index contributed by atoms with van der Waals surface area (Å²) < 4.78 is 5.35. The van der Waals surface area contributed by atoms with Gasteiger partial charge in [-0.15, -0.1) is 0 Å². The highest BCUT2D eigenvalue weighted by atomic mass is 16.5. The van der Waals surface area contributed by atoms with Crippen molar-refractivity contribution in [3.05, 3.63) is 11.6 Å². The lowest BCUT2D eigenvalue weighted by molar-refractivity contribution is -0.184. The molecule has 0 heterocycles. The molecule has 0 aromatic carbocycles. The number of rotatable bonds is 12. The predicted molar refractivity (Wildman–Crippen MR) is 146 cm³/mol. The van der Waals surface area contributed by atoms with Crippen LogP contribution in [-0.2, 0) is 19.1 Å². The fraction of sp³-hybridized carbons (Fsp3) is 0.844. The van der Waals surface area contributed by atoms with Crippen LogP contribution in [0.5, 0.6) is 0 Å². The Morgan fingerprint density at radius 3 is 2.39 bits per heavy atom. The minimum Gasteiger partial charge on any atom is -0.458 e. The first-order valence-electron chi connectivity index (χ1n) is 15.4. The molecule has 6 nitrogen and oxygen atoms in total. The molecular formula is C32H50O6. The second-order valence-electron chi connectivity index (χ2n) is 13.3. The smallest absolute Gasteiger partial charge is 0.306 e. The van der Waals surface area contributed by atoms with Crippen LogP contribution >= 0.6 is 0 Å². The van der Waals surface area contributed by atoms with E-state index in [1.165, 1.54) is 37.7 Å². The van der Waals surface area contributed by atoms with Crippen molar-refractivity contribution in [3.63, 3.8) is 0 Å². The van der Waals surface area contributed by atoms with Gasteiger partial charge in [-0.25, -0.2) is 0 Å². The first kappa shape index (κ1) is 29.5. The Balaban J connectivity index is 1.32. The number of aliphatic hydroxyl groups is 2. The van der Waals surface area contributed by atoms with Crippen LogP contribution in [-0.4, -0.2) is 46.1 Å². The van der Waals surface area contributed by atoms with Gasteiger partial charge in [0.25, 0.3) is 0 Å². The van der Waals surface area contributed by atoms with Crippen LogP contribution in [0.25, 0.3) is 0 Å². The van der Waals surface area contributed by atoms with Gasteiger partial charge in [0.1, 0.15) is 5.60 Å². The monoisotopic (exact) mass is 530 g/mol. The largest absolute Gasteiger partial charge is 0.458 e. The van der Waals surface area contributed by atoms with Gasteiger partial charge in [0.2, 0.25) is 5.78 Å². The minimum atomic E-state index is -1.60.